The van der Waals surface area contributed by atoms with E-state index in [0.717, 1.165) is 0 Å². The van der Waals surface area contributed by atoms with E-state index in [1.165, 1.54) is 12.3 Å². The number of nitrogens with one attached hydrogen (secondary N) is 2. The molecule has 2 aliphatic rings. The smallest absolute Gasteiger partial charge is 0.416 e. The Labute approximate surface area is 193 Å². The van der Waals surface area contributed by atoms with E-state index < -0.39 is 23.3 Å². The molecule has 1 atom stereocenters. The number of esters is 1. The van der Waals surface area contributed by atoms with Crippen molar-refractivity contribution in [2.24, 2.45) is 0 Å². The molecule has 0 fully saturated rings. The number of aliphatic hydroxyl groups is 1. The number of rotatable bonds is 6. The normalized spacial score (nSPS) is 16.6. The van der Waals surface area contributed by atoms with Gasteiger partial charge in [-0.2, -0.15) is 13.2 Å². The van der Waals surface area contributed by atoms with Gasteiger partial charge >= 0.3 is 12.1 Å². The second kappa shape index (κ2) is 8.94. The van der Waals surface area contributed by atoms with E-state index in [4.69, 9.17) is 21.5 Å². The molecule has 1 heterocycles. The molecule has 33 heavy (non-hydrogen) atoms. The summed E-state index contributed by atoms with van der Waals surface area (Å²) in [5, 5.41) is 20.5. The fourth-order valence-corrected chi connectivity index (χ4v) is 4.93. The van der Waals surface area contributed by atoms with Gasteiger partial charge in [0.1, 0.15) is 12.0 Å². The molecule has 178 valence electrons. The van der Waals surface area contributed by atoms with Crippen molar-refractivity contribution in [2.45, 2.75) is 57.2 Å². The Morgan fingerprint density at radius 3 is 2.30 bits per heavy atom. The maximum absolute atomic E-state index is 13.9. The average molecular weight is 484 g/mol. The van der Waals surface area contributed by atoms with E-state index in [-0.39, 0.29) is 24.0 Å². The van der Waals surface area contributed by atoms with Gasteiger partial charge in [0.25, 0.3) is 0 Å². The van der Waals surface area contributed by atoms with Crippen LogP contribution in [0.15, 0.2) is 16.9 Å². The molecule has 4 rings (SSSR count). The number of alkyl halides is 3. The number of nitrogens with zero attached hydrogens (tertiary/aromatic N) is 1. The van der Waals surface area contributed by atoms with Crippen LogP contribution in [0.25, 0.3) is 0 Å². The summed E-state index contributed by atoms with van der Waals surface area (Å²) in [4.78, 5) is 12.4. The number of carbonyl (C=O) groups excluding carboxylic acids is 1. The first-order valence-electron chi connectivity index (χ1n) is 10.8. The maximum atomic E-state index is 13.9. The van der Waals surface area contributed by atoms with Gasteiger partial charge in [-0.25, -0.2) is 4.79 Å². The second-order valence-corrected chi connectivity index (χ2v) is 8.55. The Bertz CT molecular complexity index is 1040. The van der Waals surface area contributed by atoms with Gasteiger partial charge in [0.15, 0.2) is 5.11 Å². The van der Waals surface area contributed by atoms with Crippen molar-refractivity contribution in [3.8, 4) is 0 Å². The number of benzene rings is 1. The Morgan fingerprint density at radius 1 is 1.18 bits per heavy atom. The molecule has 0 saturated carbocycles. The summed E-state index contributed by atoms with van der Waals surface area (Å²) in [6, 6.07) is 1.34. The quantitative estimate of drug-likeness (QED) is 0.425. The van der Waals surface area contributed by atoms with E-state index in [1.54, 1.807) is 6.92 Å². The summed E-state index contributed by atoms with van der Waals surface area (Å²) in [5.41, 5.74) is -0.0887. The summed E-state index contributed by atoms with van der Waals surface area (Å²) < 4.78 is 51.3. The number of carbonyl (C=O) groups is 1. The van der Waals surface area contributed by atoms with Crippen molar-refractivity contribution < 1.29 is 32.3 Å². The van der Waals surface area contributed by atoms with Gasteiger partial charge < -0.3 is 25.0 Å². The molecule has 1 unspecified atom stereocenters. The molecule has 2 aliphatic carbocycles. The number of fused-ring (bicyclic) bond motifs is 2. The molecule has 3 N–H and O–H groups in total. The standard InChI is InChI=1S/C22H24F3N3O4S/c1-2-31-19(29)21(30,16-9-10-32-28-16)11-26-20(33)27-18-14-7-3-5-12(14)17(22(23,24)25)13-6-4-8-15(13)18/h9-10,30H,2-8,11H2,1H3,(H2,26,27,33). The number of hydrogen-bond donors (Lipinski definition) is 3. The Hall–Kier alpha value is -2.66. The van der Waals surface area contributed by atoms with Crippen molar-refractivity contribution in [3.05, 3.63) is 45.8 Å². The van der Waals surface area contributed by atoms with Gasteiger partial charge in [0, 0.05) is 11.8 Å². The van der Waals surface area contributed by atoms with Gasteiger partial charge in [-0.05, 0) is 79.9 Å². The molecule has 0 aliphatic heterocycles. The summed E-state index contributed by atoms with van der Waals surface area (Å²) in [6.45, 7) is 1.28. The van der Waals surface area contributed by atoms with Gasteiger partial charge in [-0.1, -0.05) is 5.16 Å². The van der Waals surface area contributed by atoms with Crippen LogP contribution in [0.3, 0.4) is 0 Å². The highest BCUT2D eigenvalue weighted by Gasteiger charge is 2.43. The van der Waals surface area contributed by atoms with Crippen molar-refractivity contribution in [1.82, 2.24) is 10.5 Å². The molecular formula is C22H24F3N3O4S. The molecule has 0 radical (unpaired) electrons. The highest BCUT2D eigenvalue weighted by molar-refractivity contribution is 7.80. The van der Waals surface area contributed by atoms with Gasteiger partial charge in [0.05, 0.1) is 18.7 Å². The lowest BCUT2D eigenvalue weighted by atomic mass is 9.91. The first kappa shape index (κ1) is 23.5. The lowest BCUT2D eigenvalue weighted by molar-refractivity contribution is -0.166. The topological polar surface area (TPSA) is 96.6 Å². The van der Waals surface area contributed by atoms with E-state index in [2.05, 4.69) is 15.8 Å². The molecule has 11 heteroatoms. The minimum absolute atomic E-state index is 0.0471. The van der Waals surface area contributed by atoms with E-state index in [9.17, 15) is 23.1 Å². The highest BCUT2D eigenvalue weighted by atomic mass is 32.1. The third-order valence-electron chi connectivity index (χ3n) is 6.14. The predicted octanol–water partition coefficient (Wildman–Crippen LogP) is 3.41. The van der Waals surface area contributed by atoms with Gasteiger partial charge in [-0.3, -0.25) is 0 Å². The SMILES string of the molecule is CCOC(=O)C(O)(CNC(=S)Nc1c2c(c(C(F)(F)F)c3c1CCC3)CCC2)c1ccon1. The van der Waals surface area contributed by atoms with Crippen LogP contribution < -0.4 is 10.6 Å². The van der Waals surface area contributed by atoms with E-state index in [0.29, 0.717) is 66.5 Å². The van der Waals surface area contributed by atoms with Crippen molar-refractivity contribution >= 4 is 29.0 Å². The zero-order chi connectivity index (χ0) is 23.8. The van der Waals surface area contributed by atoms with Crippen LogP contribution in [-0.4, -0.2) is 34.5 Å². The summed E-state index contributed by atoms with van der Waals surface area (Å²) in [6.07, 6.45) is -0.0818. The van der Waals surface area contributed by atoms with E-state index >= 15 is 0 Å². The van der Waals surface area contributed by atoms with Crippen LogP contribution in [0.1, 0.15) is 53.3 Å². The minimum atomic E-state index is -4.39. The average Bonchev–Trinajstić information content (AvgIpc) is 3.52. The summed E-state index contributed by atoms with van der Waals surface area (Å²) >= 11 is 5.38. The number of aromatic nitrogens is 1. The van der Waals surface area contributed by atoms with Crippen LogP contribution in [0.4, 0.5) is 18.9 Å². The molecule has 2 aromatic rings. The van der Waals surface area contributed by atoms with Crippen LogP contribution in [0, 0.1) is 0 Å². The molecule has 0 saturated heterocycles. The molecule has 1 aromatic carbocycles. The largest absolute Gasteiger partial charge is 0.463 e. The number of hydrogen-bond acceptors (Lipinski definition) is 6. The first-order chi connectivity index (χ1) is 15.7. The summed E-state index contributed by atoms with van der Waals surface area (Å²) in [5.74, 6) is -0.925. The second-order valence-electron chi connectivity index (χ2n) is 8.14. The fraction of sp³-hybridized carbons (Fsp3) is 0.500. The minimum Gasteiger partial charge on any atom is -0.463 e. The molecule has 0 amide bonds. The van der Waals surface area contributed by atoms with Crippen molar-refractivity contribution in [1.29, 1.82) is 0 Å². The monoisotopic (exact) mass is 483 g/mol. The molecule has 1 aromatic heterocycles. The van der Waals surface area contributed by atoms with Gasteiger partial charge in [0.2, 0.25) is 5.60 Å². The molecule has 0 bridgehead atoms. The third-order valence-corrected chi connectivity index (χ3v) is 6.39. The van der Waals surface area contributed by atoms with Crippen LogP contribution in [0.5, 0.6) is 0 Å². The lowest BCUT2D eigenvalue weighted by Gasteiger charge is -2.26. The number of ether oxygens (including phenoxy) is 1. The fourth-order valence-electron chi connectivity index (χ4n) is 4.76. The first-order valence-corrected chi connectivity index (χ1v) is 11.2. The zero-order valence-electron chi connectivity index (χ0n) is 18.0. The Morgan fingerprint density at radius 2 is 1.79 bits per heavy atom. The zero-order valence-corrected chi connectivity index (χ0v) is 18.8. The third kappa shape index (κ3) is 4.31. The lowest BCUT2D eigenvalue weighted by Crippen LogP contribution is -2.48. The molecular weight excluding hydrogens is 459 g/mol. The Kier molecular flexibility index (Phi) is 6.37. The van der Waals surface area contributed by atoms with Crippen molar-refractivity contribution in [2.75, 3.05) is 18.5 Å². The van der Waals surface area contributed by atoms with E-state index in [1.807, 2.05) is 0 Å². The van der Waals surface area contributed by atoms with Crippen LogP contribution >= 0.6 is 12.2 Å². The van der Waals surface area contributed by atoms with Gasteiger partial charge in [-0.15, -0.1) is 0 Å². The van der Waals surface area contributed by atoms with Crippen molar-refractivity contribution in [3.63, 3.8) is 0 Å². The Balaban J connectivity index is 1.59. The molecule has 7 nitrogen and oxygen atoms in total. The number of halogens is 3. The predicted molar refractivity (Wildman–Crippen MR) is 117 cm³/mol. The molecule has 0 spiro atoms. The number of thiocarbonyl (C=S) groups is 1. The number of anilines is 1. The van der Waals surface area contributed by atoms with Crippen LogP contribution in [0.2, 0.25) is 0 Å². The highest BCUT2D eigenvalue weighted by Crippen LogP contribution is 2.47. The van der Waals surface area contributed by atoms with Crippen LogP contribution in [-0.2, 0) is 47.0 Å². The summed E-state index contributed by atoms with van der Waals surface area (Å²) in [7, 11) is 0. The maximum Gasteiger partial charge on any atom is 0.416 e.